The lowest BCUT2D eigenvalue weighted by Gasteiger charge is -2.06. The average molecular weight is 367 g/mol. The first-order valence-electron chi connectivity index (χ1n) is 5.91. The molecular formula is C15H14INO2. The van der Waals surface area contributed by atoms with E-state index in [0.29, 0.717) is 6.61 Å². The van der Waals surface area contributed by atoms with E-state index in [-0.39, 0.29) is 12.5 Å². The van der Waals surface area contributed by atoms with Gasteiger partial charge in [-0.3, -0.25) is 4.79 Å². The predicted molar refractivity (Wildman–Crippen MR) is 83.9 cm³/mol. The third kappa shape index (κ3) is 5.00. The largest absolute Gasteiger partial charge is 0.367 e. The number of ether oxygens (including phenoxy) is 1. The van der Waals surface area contributed by atoms with E-state index in [2.05, 4.69) is 27.9 Å². The van der Waals surface area contributed by atoms with Crippen LogP contribution in [0.25, 0.3) is 0 Å². The molecule has 98 valence electrons. The van der Waals surface area contributed by atoms with Gasteiger partial charge in [-0.2, -0.15) is 0 Å². The third-order valence-corrected chi connectivity index (χ3v) is 3.12. The zero-order valence-electron chi connectivity index (χ0n) is 10.3. The Morgan fingerprint density at radius 2 is 1.89 bits per heavy atom. The van der Waals surface area contributed by atoms with Crippen molar-refractivity contribution in [1.82, 2.24) is 0 Å². The Hall–Kier alpha value is -1.40. The van der Waals surface area contributed by atoms with E-state index in [1.54, 1.807) is 0 Å². The number of rotatable bonds is 5. The second kappa shape index (κ2) is 7.25. The van der Waals surface area contributed by atoms with Crippen molar-refractivity contribution in [2.24, 2.45) is 0 Å². The first kappa shape index (κ1) is 14.0. The summed E-state index contributed by atoms with van der Waals surface area (Å²) in [5.41, 5.74) is 1.85. The molecule has 0 aliphatic rings. The van der Waals surface area contributed by atoms with Crippen LogP contribution in [0, 0.1) is 3.57 Å². The van der Waals surface area contributed by atoms with Gasteiger partial charge >= 0.3 is 0 Å². The maximum Gasteiger partial charge on any atom is 0.250 e. The van der Waals surface area contributed by atoms with Gasteiger partial charge in [0, 0.05) is 9.26 Å². The van der Waals surface area contributed by atoms with Crippen LogP contribution in [0.3, 0.4) is 0 Å². The van der Waals surface area contributed by atoms with Gasteiger partial charge in [0.1, 0.15) is 6.61 Å². The second-order valence-electron chi connectivity index (χ2n) is 4.04. The zero-order chi connectivity index (χ0) is 13.5. The standard InChI is InChI=1S/C15H14INO2/c16-13-7-4-8-14(9-13)17-15(18)11-19-10-12-5-2-1-3-6-12/h1-9H,10-11H2,(H,17,18). The van der Waals surface area contributed by atoms with Crippen molar-refractivity contribution in [2.75, 3.05) is 11.9 Å². The van der Waals surface area contributed by atoms with E-state index < -0.39 is 0 Å². The fourth-order valence-electron chi connectivity index (χ4n) is 1.60. The number of halogens is 1. The van der Waals surface area contributed by atoms with Gasteiger partial charge in [-0.1, -0.05) is 36.4 Å². The molecule has 0 spiro atoms. The van der Waals surface area contributed by atoms with Crippen molar-refractivity contribution in [2.45, 2.75) is 6.61 Å². The molecular weight excluding hydrogens is 353 g/mol. The number of nitrogens with one attached hydrogen (secondary N) is 1. The molecule has 4 heteroatoms. The molecule has 0 unspecified atom stereocenters. The summed E-state index contributed by atoms with van der Waals surface area (Å²) in [6.45, 7) is 0.501. The molecule has 0 radical (unpaired) electrons. The van der Waals surface area contributed by atoms with Crippen molar-refractivity contribution in [3.63, 3.8) is 0 Å². The minimum absolute atomic E-state index is 0.0559. The molecule has 0 saturated carbocycles. The Kier molecular flexibility index (Phi) is 5.35. The lowest BCUT2D eigenvalue weighted by atomic mass is 10.2. The fraction of sp³-hybridized carbons (Fsp3) is 0.133. The van der Waals surface area contributed by atoms with Gasteiger partial charge in [-0.05, 0) is 46.4 Å². The maximum atomic E-state index is 11.7. The average Bonchev–Trinajstić information content (AvgIpc) is 2.40. The molecule has 0 bridgehead atoms. The smallest absolute Gasteiger partial charge is 0.250 e. The first-order chi connectivity index (χ1) is 9.24. The van der Waals surface area contributed by atoms with Crippen molar-refractivity contribution in [3.8, 4) is 0 Å². The molecule has 2 aromatic rings. The second-order valence-corrected chi connectivity index (χ2v) is 5.28. The maximum absolute atomic E-state index is 11.7. The van der Waals surface area contributed by atoms with Gasteiger partial charge in [-0.25, -0.2) is 0 Å². The number of carbonyl (C=O) groups is 1. The molecule has 0 aromatic heterocycles. The highest BCUT2D eigenvalue weighted by atomic mass is 127. The summed E-state index contributed by atoms with van der Waals surface area (Å²) < 4.78 is 6.45. The van der Waals surface area contributed by atoms with Crippen LogP contribution in [-0.2, 0) is 16.1 Å². The topological polar surface area (TPSA) is 38.3 Å². The van der Waals surface area contributed by atoms with Crippen molar-refractivity contribution >= 4 is 34.2 Å². The van der Waals surface area contributed by atoms with Gasteiger partial charge < -0.3 is 10.1 Å². The summed E-state index contributed by atoms with van der Waals surface area (Å²) in [7, 11) is 0. The van der Waals surface area contributed by atoms with E-state index in [0.717, 1.165) is 14.8 Å². The number of benzene rings is 2. The summed E-state index contributed by atoms with van der Waals surface area (Å²) in [6, 6.07) is 17.4. The van der Waals surface area contributed by atoms with E-state index in [4.69, 9.17) is 4.74 Å². The molecule has 1 N–H and O–H groups in total. The molecule has 0 heterocycles. The first-order valence-corrected chi connectivity index (χ1v) is 6.99. The van der Waals surface area contributed by atoms with Gasteiger partial charge in [0.05, 0.1) is 6.61 Å². The van der Waals surface area contributed by atoms with E-state index >= 15 is 0 Å². The molecule has 0 aliphatic carbocycles. The van der Waals surface area contributed by atoms with Gasteiger partial charge in [0.15, 0.2) is 0 Å². The number of hydrogen-bond donors (Lipinski definition) is 1. The Balaban J connectivity index is 1.76. The van der Waals surface area contributed by atoms with Gasteiger partial charge in [-0.15, -0.1) is 0 Å². The van der Waals surface area contributed by atoms with E-state index in [1.165, 1.54) is 0 Å². The SMILES string of the molecule is O=C(COCc1ccccc1)Nc1cccc(I)c1. The van der Waals surface area contributed by atoms with E-state index in [1.807, 2.05) is 54.6 Å². The van der Waals surface area contributed by atoms with Crippen LogP contribution in [0.1, 0.15) is 5.56 Å². The number of amides is 1. The predicted octanol–water partition coefficient (Wildman–Crippen LogP) is 3.45. The minimum atomic E-state index is -0.141. The quantitative estimate of drug-likeness (QED) is 0.823. The van der Waals surface area contributed by atoms with Crippen LogP contribution >= 0.6 is 22.6 Å². The molecule has 0 saturated heterocycles. The monoisotopic (exact) mass is 367 g/mol. The zero-order valence-corrected chi connectivity index (χ0v) is 12.5. The van der Waals surface area contributed by atoms with Crippen LogP contribution in [0.4, 0.5) is 5.69 Å². The van der Waals surface area contributed by atoms with Crippen LogP contribution in [0.15, 0.2) is 54.6 Å². The van der Waals surface area contributed by atoms with Crippen LogP contribution < -0.4 is 5.32 Å². The summed E-state index contributed by atoms with van der Waals surface area (Å²) in [4.78, 5) is 11.7. The van der Waals surface area contributed by atoms with Crippen molar-refractivity contribution in [1.29, 1.82) is 0 Å². The van der Waals surface area contributed by atoms with Crippen LogP contribution in [-0.4, -0.2) is 12.5 Å². The van der Waals surface area contributed by atoms with Crippen molar-refractivity contribution < 1.29 is 9.53 Å². The number of hydrogen-bond acceptors (Lipinski definition) is 2. The molecule has 0 fully saturated rings. The Bertz CT molecular complexity index is 543. The fourth-order valence-corrected chi connectivity index (χ4v) is 2.14. The Morgan fingerprint density at radius 1 is 1.11 bits per heavy atom. The summed E-state index contributed by atoms with van der Waals surface area (Å²) in [5.74, 6) is -0.141. The highest BCUT2D eigenvalue weighted by Gasteiger charge is 2.03. The minimum Gasteiger partial charge on any atom is -0.367 e. The molecule has 0 aliphatic heterocycles. The highest BCUT2D eigenvalue weighted by molar-refractivity contribution is 14.1. The van der Waals surface area contributed by atoms with E-state index in [9.17, 15) is 4.79 Å². The lowest BCUT2D eigenvalue weighted by molar-refractivity contribution is -0.121. The Morgan fingerprint density at radius 3 is 2.63 bits per heavy atom. The van der Waals surface area contributed by atoms with Crippen molar-refractivity contribution in [3.05, 3.63) is 63.7 Å². The summed E-state index contributed by atoms with van der Waals surface area (Å²) >= 11 is 2.21. The van der Waals surface area contributed by atoms with Crippen LogP contribution in [0.5, 0.6) is 0 Å². The number of anilines is 1. The molecule has 19 heavy (non-hydrogen) atoms. The molecule has 0 atom stereocenters. The molecule has 2 aromatic carbocycles. The summed E-state index contributed by atoms with van der Waals surface area (Å²) in [5, 5.41) is 2.80. The molecule has 3 nitrogen and oxygen atoms in total. The summed E-state index contributed by atoms with van der Waals surface area (Å²) in [6.07, 6.45) is 0. The third-order valence-electron chi connectivity index (χ3n) is 2.45. The Labute approximate surface area is 126 Å². The normalized spacial score (nSPS) is 10.2. The molecule has 1 amide bonds. The number of carbonyl (C=O) groups excluding carboxylic acids is 1. The van der Waals surface area contributed by atoms with Gasteiger partial charge in [0.2, 0.25) is 5.91 Å². The highest BCUT2D eigenvalue weighted by Crippen LogP contribution is 2.12. The lowest BCUT2D eigenvalue weighted by Crippen LogP contribution is -2.18. The van der Waals surface area contributed by atoms with Crippen LogP contribution in [0.2, 0.25) is 0 Å². The van der Waals surface area contributed by atoms with Gasteiger partial charge in [0.25, 0.3) is 0 Å². The molecule has 2 rings (SSSR count).